The van der Waals surface area contributed by atoms with Crippen LogP contribution >= 0.6 is 23.5 Å². The van der Waals surface area contributed by atoms with Crippen LogP contribution < -0.4 is 15.9 Å². The molecule has 7 nitrogen and oxygen atoms in total. The number of fused-ring (bicyclic) bond motifs is 1. The molecule has 1 amide bonds. The Morgan fingerprint density at radius 3 is 2.65 bits per heavy atom. The van der Waals surface area contributed by atoms with Gasteiger partial charge in [0, 0.05) is 46.9 Å². The number of hydrogen-bond acceptors (Lipinski definition) is 6. The Labute approximate surface area is 208 Å². The third-order valence-corrected chi connectivity index (χ3v) is 7.12. The molecule has 0 saturated carbocycles. The van der Waals surface area contributed by atoms with Crippen molar-refractivity contribution in [1.29, 1.82) is 0 Å². The van der Waals surface area contributed by atoms with Crippen molar-refractivity contribution in [3.05, 3.63) is 71.4 Å². The fourth-order valence-corrected chi connectivity index (χ4v) is 5.01. The number of nitrogens with zero attached hydrogens (tertiary/aromatic N) is 4. The number of nitrogens with one attached hydrogen (secondary N) is 1. The summed E-state index contributed by atoms with van der Waals surface area (Å²) >= 11 is 7.56. The Kier molecular flexibility index (Phi) is 6.49. The van der Waals surface area contributed by atoms with Gasteiger partial charge in [-0.2, -0.15) is 9.61 Å². The number of halogens is 1. The van der Waals surface area contributed by atoms with Crippen molar-refractivity contribution in [3.8, 4) is 11.3 Å². The molecule has 0 unspecified atom stereocenters. The number of amides is 1. The summed E-state index contributed by atoms with van der Waals surface area (Å²) in [5.41, 5.74) is 4.13. The molecule has 3 N–H and O–H groups in total. The highest BCUT2D eigenvalue weighted by Crippen LogP contribution is 2.29. The summed E-state index contributed by atoms with van der Waals surface area (Å²) in [6, 6.07) is 17.4. The van der Waals surface area contributed by atoms with Crippen molar-refractivity contribution in [2.45, 2.75) is 23.8 Å². The van der Waals surface area contributed by atoms with Gasteiger partial charge in [0.2, 0.25) is 0 Å². The van der Waals surface area contributed by atoms with Crippen molar-refractivity contribution in [3.63, 3.8) is 0 Å². The van der Waals surface area contributed by atoms with E-state index in [4.69, 9.17) is 21.7 Å². The first-order valence-electron chi connectivity index (χ1n) is 11.2. The number of rotatable bonds is 5. The first kappa shape index (κ1) is 22.8. The van der Waals surface area contributed by atoms with Gasteiger partial charge in [0.1, 0.15) is 13.7 Å². The normalized spacial score (nSPS) is 14.5. The Morgan fingerprint density at radius 1 is 1.15 bits per heavy atom. The van der Waals surface area contributed by atoms with E-state index in [0.717, 1.165) is 57.9 Å². The zero-order valence-corrected chi connectivity index (χ0v) is 20.3. The molecule has 0 radical (unpaired) electrons. The number of carbonyl (C=O) groups is 1. The zero-order valence-electron chi connectivity index (χ0n) is 18.7. The Bertz CT molecular complexity index is 1350. The summed E-state index contributed by atoms with van der Waals surface area (Å²) in [5.74, 6) is 0.893. The summed E-state index contributed by atoms with van der Waals surface area (Å²) in [4.78, 5) is 20.6. The maximum absolute atomic E-state index is 13.1. The van der Waals surface area contributed by atoms with E-state index in [-0.39, 0.29) is 11.9 Å². The average Bonchev–Trinajstić information content (AvgIpc) is 3.25. The molecule has 0 aliphatic carbocycles. The zero-order chi connectivity index (χ0) is 23.7. The Hall–Kier alpha value is -3.01. The van der Waals surface area contributed by atoms with E-state index < -0.39 is 0 Å². The predicted octanol–water partition coefficient (Wildman–Crippen LogP) is 2.99. The van der Waals surface area contributed by atoms with E-state index in [1.165, 1.54) is 0 Å². The van der Waals surface area contributed by atoms with Crippen LogP contribution in [0.15, 0.2) is 65.7 Å². The Morgan fingerprint density at radius 2 is 1.88 bits per heavy atom. The van der Waals surface area contributed by atoms with E-state index in [9.17, 15) is 4.79 Å². The maximum atomic E-state index is 13.1. The minimum atomic E-state index is 0.0296. The minimum absolute atomic E-state index is 0.0296. The topological polar surface area (TPSA) is 88.5 Å². The number of nitrogens with two attached hydrogens (primary N) is 1. The summed E-state index contributed by atoms with van der Waals surface area (Å²) < 4.78 is 1.84. The van der Waals surface area contributed by atoms with Crippen molar-refractivity contribution in [2.75, 3.05) is 18.4 Å². The molecule has 2 aromatic heterocycles. The second-order valence-electron chi connectivity index (χ2n) is 8.39. The molecule has 10 heteroatoms. The lowest BCUT2D eigenvalue weighted by atomic mass is 10.0. The van der Waals surface area contributed by atoms with Gasteiger partial charge in [-0.15, -0.1) is 0 Å². The van der Waals surface area contributed by atoms with Crippen molar-refractivity contribution in [1.82, 2.24) is 19.5 Å². The van der Waals surface area contributed by atoms with E-state index in [2.05, 4.69) is 10.4 Å². The number of aromatic nitrogens is 3. The lowest BCUT2D eigenvalue weighted by Gasteiger charge is -2.33. The summed E-state index contributed by atoms with van der Waals surface area (Å²) in [6.45, 7) is 1.34. The van der Waals surface area contributed by atoms with Gasteiger partial charge in [-0.1, -0.05) is 41.9 Å². The van der Waals surface area contributed by atoms with Crippen LogP contribution in [0.1, 0.15) is 23.2 Å². The van der Waals surface area contributed by atoms with Gasteiger partial charge in [-0.25, -0.2) is 4.98 Å². The second-order valence-corrected chi connectivity index (χ2v) is 9.48. The summed E-state index contributed by atoms with van der Waals surface area (Å²) in [6.07, 6.45) is 3.47. The van der Waals surface area contributed by atoms with Crippen molar-refractivity contribution in [2.24, 2.45) is 5.14 Å². The van der Waals surface area contributed by atoms with Crippen LogP contribution in [-0.4, -0.2) is 52.4 Å². The summed E-state index contributed by atoms with van der Waals surface area (Å²) in [5, 5.41) is 14.6. The maximum Gasteiger partial charge on any atom is 0.255 e. The molecule has 4 aromatic rings. The van der Waals surface area contributed by atoms with Crippen LogP contribution in [0.3, 0.4) is 0 Å². The lowest BCUT2D eigenvalue weighted by Crippen LogP contribution is -2.42. The van der Waals surface area contributed by atoms with Crippen LogP contribution in [0, 0.1) is 0 Å². The van der Waals surface area contributed by atoms with Gasteiger partial charge >= 0.3 is 0 Å². The highest BCUT2D eigenvalue weighted by atomic mass is 35.5. The smallest absolute Gasteiger partial charge is 0.255 e. The van der Waals surface area contributed by atoms with Gasteiger partial charge < -0.3 is 10.2 Å². The monoisotopic (exact) mass is 490 g/mol. The van der Waals surface area contributed by atoms with Crippen LogP contribution in [-0.2, 0) is 0 Å². The second kappa shape index (κ2) is 9.70. The average molecular weight is 491 g/mol. The number of piperidine rings is 1. The number of benzene rings is 2. The Balaban J connectivity index is 1.35. The highest BCUT2D eigenvalue weighted by molar-refractivity contribution is 7.97. The first-order valence-corrected chi connectivity index (χ1v) is 12.4. The van der Waals surface area contributed by atoms with Gasteiger partial charge in [0.15, 0.2) is 5.65 Å². The molecule has 3 heterocycles. The standard InChI is InChI=1S/C24H24BClN6OS/c25-18-14-28-32-22(13-20(30-23(18)32)16-5-1-3-7-19(16)26)29-15-9-11-31(12-10-15)24(33)17-6-2-4-8-21(17)34-27/h1-8,13-15,29H,9-12,25,27H2. The number of hydrogen-bond donors (Lipinski definition) is 2. The van der Waals surface area contributed by atoms with Crippen LogP contribution in [0.25, 0.3) is 16.9 Å². The molecule has 1 saturated heterocycles. The molecule has 0 atom stereocenters. The van der Waals surface area contributed by atoms with E-state index in [1.54, 1.807) is 0 Å². The first-order chi connectivity index (χ1) is 16.5. The van der Waals surface area contributed by atoms with E-state index in [1.807, 2.05) is 78.1 Å². The molecule has 1 aliphatic heterocycles. The van der Waals surface area contributed by atoms with Gasteiger partial charge in [-0.3, -0.25) is 9.93 Å². The molecule has 1 aliphatic rings. The number of carbonyl (C=O) groups excluding carboxylic acids is 1. The largest absolute Gasteiger partial charge is 0.367 e. The lowest BCUT2D eigenvalue weighted by molar-refractivity contribution is 0.0715. The molecule has 0 bridgehead atoms. The van der Waals surface area contributed by atoms with E-state index in [0.29, 0.717) is 23.7 Å². The number of anilines is 1. The molecular weight excluding hydrogens is 467 g/mol. The fraction of sp³-hybridized carbons (Fsp3) is 0.208. The molecule has 5 rings (SSSR count). The SMILES string of the molecule is Bc1cnn2c(NC3CCN(C(=O)c4ccccc4SN)CC3)cc(-c3ccccc3Cl)nc12. The highest BCUT2D eigenvalue weighted by Gasteiger charge is 2.26. The molecular formula is C24H24BClN6OS. The summed E-state index contributed by atoms with van der Waals surface area (Å²) in [7, 11) is 2.00. The van der Waals surface area contributed by atoms with E-state index >= 15 is 0 Å². The fourth-order valence-electron chi connectivity index (χ4n) is 4.33. The molecule has 2 aromatic carbocycles. The third-order valence-electron chi connectivity index (χ3n) is 6.18. The van der Waals surface area contributed by atoms with Crippen molar-refractivity contribution >= 4 is 54.2 Å². The van der Waals surface area contributed by atoms with Gasteiger partial charge in [0.05, 0.1) is 11.3 Å². The van der Waals surface area contributed by atoms with Crippen LogP contribution in [0.4, 0.5) is 5.82 Å². The van der Waals surface area contributed by atoms with Gasteiger partial charge in [-0.05, 0) is 48.5 Å². The van der Waals surface area contributed by atoms with Crippen LogP contribution in [0.2, 0.25) is 5.02 Å². The quantitative estimate of drug-likeness (QED) is 0.330. The molecule has 34 heavy (non-hydrogen) atoms. The third kappa shape index (κ3) is 4.38. The minimum Gasteiger partial charge on any atom is -0.367 e. The van der Waals surface area contributed by atoms with Crippen molar-refractivity contribution < 1.29 is 4.79 Å². The number of likely N-dealkylation sites (tertiary alicyclic amines) is 1. The predicted molar refractivity (Wildman–Crippen MR) is 141 cm³/mol. The molecule has 172 valence electrons. The molecule has 0 spiro atoms. The molecule has 1 fully saturated rings. The van der Waals surface area contributed by atoms with Crippen LogP contribution in [0.5, 0.6) is 0 Å². The van der Waals surface area contributed by atoms with Gasteiger partial charge in [0.25, 0.3) is 5.91 Å².